The molecule has 7 nitrogen and oxygen atoms in total. The largest absolute Gasteiger partial charge is 0.381 e. The minimum atomic E-state index is -0.470. The van der Waals surface area contributed by atoms with Crippen LogP contribution in [0.5, 0.6) is 0 Å². The monoisotopic (exact) mass is 323 g/mol. The van der Waals surface area contributed by atoms with Crippen molar-refractivity contribution < 1.29 is 18.8 Å². The molecule has 1 N–H and O–H groups in total. The lowest BCUT2D eigenvalue weighted by molar-refractivity contribution is -0.133. The first-order valence-electron chi connectivity index (χ1n) is 8.43. The van der Waals surface area contributed by atoms with E-state index in [4.69, 9.17) is 14.0 Å². The molecule has 1 aliphatic heterocycles. The second-order valence-electron chi connectivity index (χ2n) is 6.53. The molecule has 1 saturated carbocycles. The van der Waals surface area contributed by atoms with Gasteiger partial charge in [0.2, 0.25) is 11.8 Å². The van der Waals surface area contributed by atoms with E-state index in [1.807, 2.05) is 0 Å². The molecule has 0 spiro atoms. The van der Waals surface area contributed by atoms with Crippen LogP contribution in [0.3, 0.4) is 0 Å². The maximum absolute atomic E-state index is 12.5. The van der Waals surface area contributed by atoms with Crippen molar-refractivity contribution in [3.8, 4) is 0 Å². The molecule has 2 atom stereocenters. The number of carbonyl (C=O) groups excluding carboxylic acids is 1. The molecule has 1 aliphatic carbocycles. The highest BCUT2D eigenvalue weighted by Crippen LogP contribution is 2.30. The number of amides is 1. The van der Waals surface area contributed by atoms with Gasteiger partial charge in [0.25, 0.3) is 0 Å². The molecule has 1 saturated heterocycles. The Hall–Kier alpha value is -1.47. The molecule has 0 radical (unpaired) electrons. The average Bonchev–Trinajstić information content (AvgIpc) is 3.30. The molecular weight excluding hydrogens is 298 g/mol. The van der Waals surface area contributed by atoms with Crippen LogP contribution < -0.4 is 5.32 Å². The first kappa shape index (κ1) is 16.4. The van der Waals surface area contributed by atoms with Gasteiger partial charge in [-0.05, 0) is 51.4 Å². The van der Waals surface area contributed by atoms with Crippen molar-refractivity contribution in [2.75, 3.05) is 19.8 Å². The molecule has 1 aromatic heterocycles. The smallest absolute Gasteiger partial charge is 0.249 e. The lowest BCUT2D eigenvalue weighted by atomic mass is 9.91. The highest BCUT2D eigenvalue weighted by atomic mass is 16.5. The molecule has 2 fully saturated rings. The van der Waals surface area contributed by atoms with Gasteiger partial charge >= 0.3 is 0 Å². The first-order chi connectivity index (χ1) is 11.1. The maximum atomic E-state index is 12.5. The van der Waals surface area contributed by atoms with Crippen molar-refractivity contribution in [3.05, 3.63) is 11.7 Å². The van der Waals surface area contributed by atoms with Gasteiger partial charge < -0.3 is 19.3 Å². The Morgan fingerprint density at radius 3 is 2.70 bits per heavy atom. The zero-order valence-electron chi connectivity index (χ0n) is 13.8. The van der Waals surface area contributed by atoms with E-state index in [0.29, 0.717) is 37.5 Å². The Bertz CT molecular complexity index is 523. The number of nitrogens with zero attached hydrogens (tertiary/aromatic N) is 2. The molecule has 1 aromatic rings. The fourth-order valence-electron chi connectivity index (χ4n) is 2.78. The van der Waals surface area contributed by atoms with Crippen molar-refractivity contribution >= 4 is 5.91 Å². The first-order valence-corrected chi connectivity index (χ1v) is 8.43. The minimum absolute atomic E-state index is 0.127. The lowest BCUT2D eigenvalue weighted by Crippen LogP contribution is -2.41. The number of aryl methyl sites for hydroxylation is 1. The van der Waals surface area contributed by atoms with E-state index in [1.54, 1.807) is 13.8 Å². The number of nitrogens with one attached hydrogen (secondary N) is 1. The normalized spacial score (nSPS) is 21.8. The van der Waals surface area contributed by atoms with Crippen LogP contribution >= 0.6 is 0 Å². The predicted octanol–water partition coefficient (Wildman–Crippen LogP) is 1.78. The van der Waals surface area contributed by atoms with E-state index >= 15 is 0 Å². The van der Waals surface area contributed by atoms with Crippen molar-refractivity contribution in [3.63, 3.8) is 0 Å². The van der Waals surface area contributed by atoms with E-state index in [0.717, 1.165) is 12.8 Å². The summed E-state index contributed by atoms with van der Waals surface area (Å²) in [5.74, 6) is 1.79. The summed E-state index contributed by atoms with van der Waals surface area (Å²) in [6.45, 7) is 5.61. The molecule has 2 aliphatic rings. The number of ether oxygens (including phenoxy) is 2. The van der Waals surface area contributed by atoms with Crippen LogP contribution in [0.4, 0.5) is 0 Å². The third-order valence-electron chi connectivity index (χ3n) is 4.49. The van der Waals surface area contributed by atoms with Crippen LogP contribution in [-0.2, 0) is 14.3 Å². The highest BCUT2D eigenvalue weighted by molar-refractivity contribution is 5.80. The Morgan fingerprint density at radius 2 is 2.09 bits per heavy atom. The minimum Gasteiger partial charge on any atom is -0.381 e. The summed E-state index contributed by atoms with van der Waals surface area (Å²) in [6.07, 6.45) is 3.68. The number of hydrogen-bond acceptors (Lipinski definition) is 6. The quantitative estimate of drug-likeness (QED) is 0.823. The number of carbonyl (C=O) groups is 1. The predicted molar refractivity (Wildman–Crippen MR) is 81.6 cm³/mol. The number of hydrogen-bond donors (Lipinski definition) is 1. The van der Waals surface area contributed by atoms with Crippen molar-refractivity contribution in [1.82, 2.24) is 15.5 Å². The van der Waals surface area contributed by atoms with Gasteiger partial charge in [-0.25, -0.2) is 0 Å². The molecule has 2 heterocycles. The molecule has 7 heteroatoms. The highest BCUT2D eigenvalue weighted by Gasteiger charge is 2.32. The number of aromatic nitrogens is 2. The van der Waals surface area contributed by atoms with Crippen molar-refractivity contribution in [1.29, 1.82) is 0 Å². The molecule has 0 unspecified atom stereocenters. The Kier molecular flexibility index (Phi) is 5.27. The van der Waals surface area contributed by atoms with Gasteiger partial charge in [0.05, 0.1) is 6.61 Å². The molecule has 23 heavy (non-hydrogen) atoms. The summed E-state index contributed by atoms with van der Waals surface area (Å²) in [5, 5.41) is 6.90. The second kappa shape index (κ2) is 7.40. The maximum Gasteiger partial charge on any atom is 0.249 e. The molecule has 3 rings (SSSR count). The van der Waals surface area contributed by atoms with Gasteiger partial charge in [-0.3, -0.25) is 4.79 Å². The summed E-state index contributed by atoms with van der Waals surface area (Å²) >= 11 is 0. The van der Waals surface area contributed by atoms with Gasteiger partial charge in [0.1, 0.15) is 12.1 Å². The molecular formula is C16H25N3O4. The lowest BCUT2D eigenvalue weighted by Gasteiger charge is -2.29. The zero-order valence-corrected chi connectivity index (χ0v) is 13.8. The Morgan fingerprint density at radius 1 is 1.35 bits per heavy atom. The van der Waals surface area contributed by atoms with Crippen LogP contribution in [0.1, 0.15) is 50.4 Å². The second-order valence-corrected chi connectivity index (χ2v) is 6.53. The fraction of sp³-hybridized carbons (Fsp3) is 0.812. The Labute approximate surface area is 136 Å². The van der Waals surface area contributed by atoms with Crippen LogP contribution in [-0.4, -0.2) is 42.0 Å². The SMILES string of the molecule is Cc1noc([C@H](NC(=O)[C@H](C)OCC2CC2)C2CCOCC2)n1. The molecule has 0 bridgehead atoms. The van der Waals surface area contributed by atoms with Crippen LogP contribution in [0.15, 0.2) is 4.52 Å². The van der Waals surface area contributed by atoms with Gasteiger partial charge in [-0.15, -0.1) is 0 Å². The summed E-state index contributed by atoms with van der Waals surface area (Å²) in [5.41, 5.74) is 0. The summed E-state index contributed by atoms with van der Waals surface area (Å²) < 4.78 is 16.4. The van der Waals surface area contributed by atoms with Crippen molar-refractivity contribution in [2.45, 2.75) is 51.7 Å². The number of rotatable bonds is 7. The summed E-state index contributed by atoms with van der Waals surface area (Å²) in [4.78, 5) is 16.8. The van der Waals surface area contributed by atoms with Gasteiger partial charge in [-0.2, -0.15) is 4.98 Å². The van der Waals surface area contributed by atoms with E-state index in [2.05, 4.69) is 15.5 Å². The molecule has 0 aromatic carbocycles. The zero-order chi connectivity index (χ0) is 16.2. The third-order valence-corrected chi connectivity index (χ3v) is 4.49. The molecule has 128 valence electrons. The van der Waals surface area contributed by atoms with Crippen LogP contribution in [0.25, 0.3) is 0 Å². The summed E-state index contributed by atoms with van der Waals surface area (Å²) in [7, 11) is 0. The van der Waals surface area contributed by atoms with E-state index in [-0.39, 0.29) is 17.9 Å². The topological polar surface area (TPSA) is 86.5 Å². The molecule has 1 amide bonds. The Balaban J connectivity index is 1.63. The average molecular weight is 323 g/mol. The van der Waals surface area contributed by atoms with Crippen LogP contribution in [0.2, 0.25) is 0 Å². The third kappa shape index (κ3) is 4.51. The van der Waals surface area contributed by atoms with Gasteiger partial charge in [-0.1, -0.05) is 5.16 Å². The summed E-state index contributed by atoms with van der Waals surface area (Å²) in [6, 6.07) is -0.278. The van der Waals surface area contributed by atoms with E-state index in [9.17, 15) is 4.79 Å². The van der Waals surface area contributed by atoms with Gasteiger partial charge in [0.15, 0.2) is 5.82 Å². The van der Waals surface area contributed by atoms with Crippen molar-refractivity contribution in [2.24, 2.45) is 11.8 Å². The van der Waals surface area contributed by atoms with E-state index in [1.165, 1.54) is 12.8 Å². The van der Waals surface area contributed by atoms with Crippen LogP contribution in [0, 0.1) is 18.8 Å². The fourth-order valence-corrected chi connectivity index (χ4v) is 2.78. The standard InChI is InChI=1S/C16H25N3O4/c1-10(22-9-12-3-4-12)15(20)18-14(13-5-7-21-8-6-13)16-17-11(2)19-23-16/h10,12-14H,3-9H2,1-2H3,(H,18,20)/t10-,14+/m0/s1. The van der Waals surface area contributed by atoms with E-state index < -0.39 is 6.10 Å². The van der Waals surface area contributed by atoms with Gasteiger partial charge in [0, 0.05) is 13.2 Å².